The van der Waals surface area contributed by atoms with E-state index < -0.39 is 15.8 Å². The van der Waals surface area contributed by atoms with E-state index in [1.807, 2.05) is 11.9 Å². The fraction of sp³-hybridized carbons (Fsp3) is 0.435. The highest BCUT2D eigenvalue weighted by Crippen LogP contribution is 2.22. The standard InChI is InChI=1S/C23H31FN4O3S/c1-4-28(5-2)32(30,31)20-9-6-18(7-10-20)17-25-23(29)19-8-11-22(21(24)16-19)27-14-12-26(3)13-15-27/h6-11,16H,4-5,12-15,17H2,1-3H3,(H,25,29). The highest BCUT2D eigenvalue weighted by atomic mass is 32.2. The monoisotopic (exact) mass is 462 g/mol. The third kappa shape index (κ3) is 5.46. The molecule has 9 heteroatoms. The van der Waals surface area contributed by atoms with Gasteiger partial charge in [0.15, 0.2) is 0 Å². The maximum Gasteiger partial charge on any atom is 0.251 e. The van der Waals surface area contributed by atoms with Crippen molar-refractivity contribution < 1.29 is 17.6 Å². The Hall–Kier alpha value is -2.49. The smallest absolute Gasteiger partial charge is 0.251 e. The first-order valence-corrected chi connectivity index (χ1v) is 12.3. The molecule has 1 amide bonds. The number of halogens is 1. The Morgan fingerprint density at radius 1 is 1.03 bits per heavy atom. The summed E-state index contributed by atoms with van der Waals surface area (Å²) in [6, 6.07) is 11.0. The lowest BCUT2D eigenvalue weighted by Crippen LogP contribution is -2.44. The lowest BCUT2D eigenvalue weighted by Gasteiger charge is -2.34. The van der Waals surface area contributed by atoms with Gasteiger partial charge in [-0.25, -0.2) is 12.8 Å². The second-order valence-corrected chi connectivity index (χ2v) is 9.81. The highest BCUT2D eigenvalue weighted by Gasteiger charge is 2.21. The lowest BCUT2D eigenvalue weighted by molar-refractivity contribution is 0.0950. The summed E-state index contributed by atoms with van der Waals surface area (Å²) in [6.07, 6.45) is 0. The van der Waals surface area contributed by atoms with E-state index in [4.69, 9.17) is 0 Å². The van der Waals surface area contributed by atoms with Gasteiger partial charge in [0.1, 0.15) is 5.82 Å². The molecule has 0 bridgehead atoms. The van der Waals surface area contributed by atoms with Crippen LogP contribution in [0.2, 0.25) is 0 Å². The largest absolute Gasteiger partial charge is 0.367 e. The fourth-order valence-electron chi connectivity index (χ4n) is 3.73. The Morgan fingerprint density at radius 2 is 1.66 bits per heavy atom. The zero-order valence-electron chi connectivity index (χ0n) is 18.8. The van der Waals surface area contributed by atoms with Crippen LogP contribution in [0.4, 0.5) is 10.1 Å². The number of nitrogens with one attached hydrogen (secondary N) is 1. The zero-order valence-corrected chi connectivity index (χ0v) is 19.7. The number of sulfonamides is 1. The van der Waals surface area contributed by atoms with Gasteiger partial charge in [0.05, 0.1) is 10.6 Å². The zero-order chi connectivity index (χ0) is 23.3. The van der Waals surface area contributed by atoms with Gasteiger partial charge in [0, 0.05) is 51.4 Å². The summed E-state index contributed by atoms with van der Waals surface area (Å²) in [5, 5.41) is 2.76. The van der Waals surface area contributed by atoms with E-state index in [1.165, 1.54) is 10.4 Å². The Balaban J connectivity index is 1.61. The van der Waals surface area contributed by atoms with Crippen LogP contribution in [0, 0.1) is 5.82 Å². The van der Waals surface area contributed by atoms with Crippen molar-refractivity contribution >= 4 is 21.6 Å². The van der Waals surface area contributed by atoms with Crippen molar-refractivity contribution in [3.63, 3.8) is 0 Å². The van der Waals surface area contributed by atoms with Gasteiger partial charge in [-0.05, 0) is 42.9 Å². The molecule has 1 aliphatic rings. The molecule has 0 aliphatic carbocycles. The number of hydrogen-bond donors (Lipinski definition) is 1. The van der Waals surface area contributed by atoms with Crippen LogP contribution in [-0.2, 0) is 16.6 Å². The molecular weight excluding hydrogens is 431 g/mol. The number of nitrogens with zero attached hydrogens (tertiary/aromatic N) is 3. The minimum absolute atomic E-state index is 0.215. The molecule has 0 aromatic heterocycles. The van der Waals surface area contributed by atoms with E-state index in [2.05, 4.69) is 10.2 Å². The third-order valence-electron chi connectivity index (χ3n) is 5.77. The second kappa shape index (κ2) is 10.4. The number of likely N-dealkylation sites (N-methyl/N-ethyl adjacent to an activating group) is 1. The molecule has 1 saturated heterocycles. The molecule has 0 unspecified atom stereocenters. The van der Waals surface area contributed by atoms with Gasteiger partial charge in [-0.2, -0.15) is 4.31 Å². The predicted octanol–water partition coefficient (Wildman–Crippen LogP) is 2.54. The number of anilines is 1. The molecule has 1 fully saturated rings. The Labute approximate surface area is 189 Å². The lowest BCUT2D eigenvalue weighted by atomic mass is 10.1. The Morgan fingerprint density at radius 3 is 2.22 bits per heavy atom. The van der Waals surface area contributed by atoms with Crippen LogP contribution in [-0.4, -0.2) is 69.8 Å². The number of benzene rings is 2. The van der Waals surface area contributed by atoms with Crippen molar-refractivity contribution in [3.8, 4) is 0 Å². The minimum Gasteiger partial charge on any atom is -0.367 e. The van der Waals surface area contributed by atoms with Gasteiger partial charge >= 0.3 is 0 Å². The van der Waals surface area contributed by atoms with Gasteiger partial charge in [0.2, 0.25) is 10.0 Å². The van der Waals surface area contributed by atoms with E-state index in [-0.39, 0.29) is 22.9 Å². The van der Waals surface area contributed by atoms with Crippen molar-refractivity contribution in [1.82, 2.24) is 14.5 Å². The summed E-state index contributed by atoms with van der Waals surface area (Å²) in [5.41, 5.74) is 1.52. The van der Waals surface area contributed by atoms with Crippen LogP contribution in [0.3, 0.4) is 0 Å². The van der Waals surface area contributed by atoms with Crippen LogP contribution in [0.25, 0.3) is 0 Å². The molecule has 32 heavy (non-hydrogen) atoms. The number of piperazine rings is 1. The Bertz CT molecular complexity index is 1030. The third-order valence-corrected chi connectivity index (χ3v) is 7.84. The fourth-order valence-corrected chi connectivity index (χ4v) is 5.19. The summed E-state index contributed by atoms with van der Waals surface area (Å²) < 4.78 is 41.2. The molecule has 2 aromatic rings. The summed E-state index contributed by atoms with van der Waals surface area (Å²) in [7, 11) is -1.48. The molecule has 0 spiro atoms. The number of carbonyl (C=O) groups excluding carboxylic acids is 1. The normalized spacial score (nSPS) is 15.2. The first-order valence-electron chi connectivity index (χ1n) is 10.9. The SMILES string of the molecule is CCN(CC)S(=O)(=O)c1ccc(CNC(=O)c2ccc(N3CCN(C)CC3)c(F)c2)cc1. The summed E-state index contributed by atoms with van der Waals surface area (Å²) in [5.74, 6) is -0.790. The van der Waals surface area contributed by atoms with Crippen molar-refractivity contribution in [2.75, 3.05) is 51.2 Å². The van der Waals surface area contributed by atoms with E-state index in [9.17, 15) is 17.6 Å². The van der Waals surface area contributed by atoms with Crippen LogP contribution in [0.5, 0.6) is 0 Å². The van der Waals surface area contributed by atoms with Crippen LogP contribution >= 0.6 is 0 Å². The first-order chi connectivity index (χ1) is 15.3. The topological polar surface area (TPSA) is 73.0 Å². The van der Waals surface area contributed by atoms with E-state index in [0.717, 1.165) is 31.7 Å². The molecule has 0 radical (unpaired) electrons. The molecular formula is C23H31FN4O3S. The van der Waals surface area contributed by atoms with Crippen molar-refractivity contribution in [1.29, 1.82) is 0 Å². The molecule has 3 rings (SSSR count). The second-order valence-electron chi connectivity index (χ2n) is 7.87. The number of hydrogen-bond acceptors (Lipinski definition) is 5. The van der Waals surface area contributed by atoms with Crippen molar-refractivity contribution in [2.45, 2.75) is 25.3 Å². The predicted molar refractivity (Wildman–Crippen MR) is 124 cm³/mol. The average molecular weight is 463 g/mol. The van der Waals surface area contributed by atoms with Crippen LogP contribution in [0.15, 0.2) is 47.4 Å². The van der Waals surface area contributed by atoms with Crippen LogP contribution in [0.1, 0.15) is 29.8 Å². The summed E-state index contributed by atoms with van der Waals surface area (Å²) >= 11 is 0. The minimum atomic E-state index is -3.52. The van der Waals surface area contributed by atoms with Gasteiger partial charge in [-0.3, -0.25) is 4.79 Å². The maximum absolute atomic E-state index is 14.6. The molecule has 1 N–H and O–H groups in total. The molecule has 174 valence electrons. The van der Waals surface area contributed by atoms with E-state index in [0.29, 0.717) is 18.8 Å². The Kier molecular flexibility index (Phi) is 7.86. The summed E-state index contributed by atoms with van der Waals surface area (Å²) in [6.45, 7) is 7.86. The number of rotatable bonds is 8. The van der Waals surface area contributed by atoms with E-state index >= 15 is 0 Å². The van der Waals surface area contributed by atoms with Crippen molar-refractivity contribution in [3.05, 3.63) is 59.4 Å². The van der Waals surface area contributed by atoms with Gasteiger partial charge < -0.3 is 15.1 Å². The highest BCUT2D eigenvalue weighted by molar-refractivity contribution is 7.89. The quantitative estimate of drug-likeness (QED) is 0.653. The average Bonchev–Trinajstić information content (AvgIpc) is 2.79. The maximum atomic E-state index is 14.6. The molecule has 2 aromatic carbocycles. The molecule has 0 atom stereocenters. The van der Waals surface area contributed by atoms with Gasteiger partial charge in [-0.1, -0.05) is 26.0 Å². The van der Waals surface area contributed by atoms with Gasteiger partial charge in [0.25, 0.3) is 5.91 Å². The van der Waals surface area contributed by atoms with Crippen LogP contribution < -0.4 is 10.2 Å². The molecule has 1 heterocycles. The van der Waals surface area contributed by atoms with E-state index in [1.54, 1.807) is 50.2 Å². The first kappa shape index (κ1) is 24.2. The van der Waals surface area contributed by atoms with Gasteiger partial charge in [-0.15, -0.1) is 0 Å². The molecule has 1 aliphatic heterocycles. The number of carbonyl (C=O) groups is 1. The molecule has 0 saturated carbocycles. The number of amides is 1. The van der Waals surface area contributed by atoms with Crippen molar-refractivity contribution in [2.24, 2.45) is 0 Å². The summed E-state index contributed by atoms with van der Waals surface area (Å²) in [4.78, 5) is 16.9. The molecule has 7 nitrogen and oxygen atoms in total.